The zero-order chi connectivity index (χ0) is 19.1. The van der Waals surface area contributed by atoms with Gasteiger partial charge in [-0.1, -0.05) is 52.9 Å². The van der Waals surface area contributed by atoms with Crippen molar-refractivity contribution in [3.63, 3.8) is 0 Å². The summed E-state index contributed by atoms with van der Waals surface area (Å²) in [5.41, 5.74) is 1.03. The topological polar surface area (TPSA) is 73.3 Å². The number of aromatic nitrogens is 2. The first kappa shape index (κ1) is 19.5. The predicted octanol–water partition coefficient (Wildman–Crippen LogP) is 4.51. The Balaban J connectivity index is 1.46. The number of hydrogen-bond donors (Lipinski definition) is 1. The largest absolute Gasteiger partial charge is 0.497 e. The number of carbonyl (C=O) groups is 1. The smallest absolute Gasteiger partial charge is 0.264 e. The van der Waals surface area contributed by atoms with E-state index >= 15 is 0 Å². The third-order valence-corrected chi connectivity index (χ3v) is 5.78. The van der Waals surface area contributed by atoms with Crippen LogP contribution < -0.4 is 14.8 Å². The fourth-order valence-electron chi connectivity index (χ4n) is 2.05. The lowest BCUT2D eigenvalue weighted by Crippen LogP contribution is -2.20. The van der Waals surface area contributed by atoms with Crippen molar-refractivity contribution in [2.24, 2.45) is 0 Å². The standard InChI is InChI=1S/C18H16ClN3O3S2/c1-24-13-6-8-14(9-7-13)25-10-16(23)20-17-21-22-18(27-17)26-11-12-4-2-3-5-15(12)19/h2-9H,10-11H2,1H3,(H,20,21,23). The molecule has 0 aliphatic heterocycles. The van der Waals surface area contributed by atoms with Crippen LogP contribution >= 0.6 is 34.7 Å². The van der Waals surface area contributed by atoms with Crippen LogP contribution in [-0.4, -0.2) is 29.8 Å². The van der Waals surface area contributed by atoms with Crippen molar-refractivity contribution in [2.45, 2.75) is 10.1 Å². The van der Waals surface area contributed by atoms with Crippen LogP contribution in [0.5, 0.6) is 11.5 Å². The number of thioether (sulfide) groups is 1. The minimum Gasteiger partial charge on any atom is -0.497 e. The molecule has 0 saturated heterocycles. The van der Waals surface area contributed by atoms with E-state index in [1.54, 1.807) is 31.4 Å². The van der Waals surface area contributed by atoms with E-state index < -0.39 is 0 Å². The van der Waals surface area contributed by atoms with Crippen molar-refractivity contribution < 1.29 is 14.3 Å². The van der Waals surface area contributed by atoms with Crippen LogP contribution in [0.3, 0.4) is 0 Å². The summed E-state index contributed by atoms with van der Waals surface area (Å²) >= 11 is 8.96. The van der Waals surface area contributed by atoms with Crippen molar-refractivity contribution in [3.05, 3.63) is 59.1 Å². The molecule has 9 heteroatoms. The van der Waals surface area contributed by atoms with Crippen LogP contribution in [-0.2, 0) is 10.5 Å². The van der Waals surface area contributed by atoms with Gasteiger partial charge in [0, 0.05) is 10.8 Å². The van der Waals surface area contributed by atoms with Gasteiger partial charge in [0.1, 0.15) is 11.5 Å². The van der Waals surface area contributed by atoms with Gasteiger partial charge in [-0.15, -0.1) is 10.2 Å². The normalized spacial score (nSPS) is 10.4. The van der Waals surface area contributed by atoms with Gasteiger partial charge in [0.15, 0.2) is 10.9 Å². The first-order chi connectivity index (χ1) is 13.1. The zero-order valence-electron chi connectivity index (χ0n) is 14.3. The third kappa shape index (κ3) is 5.85. The van der Waals surface area contributed by atoms with Gasteiger partial charge in [-0.05, 0) is 35.9 Å². The summed E-state index contributed by atoms with van der Waals surface area (Å²) in [4.78, 5) is 12.0. The van der Waals surface area contributed by atoms with E-state index in [9.17, 15) is 4.79 Å². The number of ether oxygens (including phenoxy) is 2. The maximum absolute atomic E-state index is 12.0. The summed E-state index contributed by atoms with van der Waals surface area (Å²) in [6.07, 6.45) is 0. The van der Waals surface area contributed by atoms with Crippen LogP contribution in [0, 0.1) is 0 Å². The van der Waals surface area contributed by atoms with Crippen molar-refractivity contribution in [1.29, 1.82) is 0 Å². The molecule has 1 heterocycles. The van der Waals surface area contributed by atoms with Gasteiger partial charge in [0.2, 0.25) is 5.13 Å². The van der Waals surface area contributed by atoms with Crippen molar-refractivity contribution >= 4 is 45.7 Å². The molecule has 0 fully saturated rings. The molecule has 1 amide bonds. The molecule has 27 heavy (non-hydrogen) atoms. The Hall–Kier alpha value is -2.29. The molecule has 2 aromatic carbocycles. The molecule has 6 nitrogen and oxygen atoms in total. The van der Waals surface area contributed by atoms with Crippen molar-refractivity contribution in [1.82, 2.24) is 10.2 Å². The molecule has 3 rings (SSSR count). The van der Waals surface area contributed by atoms with Gasteiger partial charge in [-0.3, -0.25) is 10.1 Å². The minimum absolute atomic E-state index is 0.117. The number of rotatable bonds is 8. The van der Waals surface area contributed by atoms with Crippen molar-refractivity contribution in [3.8, 4) is 11.5 Å². The zero-order valence-corrected chi connectivity index (χ0v) is 16.7. The molecule has 140 valence electrons. The predicted molar refractivity (Wildman–Crippen MR) is 108 cm³/mol. The number of halogens is 1. The number of methoxy groups -OCH3 is 1. The molecule has 0 aliphatic rings. The van der Waals surface area contributed by atoms with Gasteiger partial charge in [0.05, 0.1) is 7.11 Å². The number of anilines is 1. The first-order valence-corrected chi connectivity index (χ1v) is 10.1. The lowest BCUT2D eigenvalue weighted by Gasteiger charge is -2.06. The number of nitrogens with one attached hydrogen (secondary N) is 1. The molecular formula is C18H16ClN3O3S2. The van der Waals surface area contributed by atoms with E-state index in [2.05, 4.69) is 15.5 Å². The SMILES string of the molecule is COc1ccc(OCC(=O)Nc2nnc(SCc3ccccc3Cl)s2)cc1. The Labute approximate surface area is 169 Å². The summed E-state index contributed by atoms with van der Waals surface area (Å²) in [5, 5.41) is 11.9. The molecule has 3 aromatic rings. The number of nitrogens with zero attached hydrogens (tertiary/aromatic N) is 2. The van der Waals surface area contributed by atoms with Crippen LogP contribution in [0.4, 0.5) is 5.13 Å². The Morgan fingerprint density at radius 2 is 1.89 bits per heavy atom. The van der Waals surface area contributed by atoms with E-state index in [4.69, 9.17) is 21.1 Å². The summed E-state index contributed by atoms with van der Waals surface area (Å²) in [6, 6.07) is 14.7. The highest BCUT2D eigenvalue weighted by Crippen LogP contribution is 2.30. The second-order valence-corrected chi connectivity index (χ2v) is 7.87. The molecule has 0 atom stereocenters. The molecule has 0 spiro atoms. The average Bonchev–Trinajstić information content (AvgIpc) is 3.13. The van der Waals surface area contributed by atoms with E-state index in [1.165, 1.54) is 23.1 Å². The molecule has 0 radical (unpaired) electrons. The van der Waals surface area contributed by atoms with Crippen molar-refractivity contribution in [2.75, 3.05) is 19.0 Å². The van der Waals surface area contributed by atoms with Crippen LogP contribution in [0.1, 0.15) is 5.56 Å². The highest BCUT2D eigenvalue weighted by Gasteiger charge is 2.10. The van der Waals surface area contributed by atoms with Gasteiger partial charge in [0.25, 0.3) is 5.91 Å². The Bertz CT molecular complexity index is 903. The summed E-state index contributed by atoms with van der Waals surface area (Å²) in [7, 11) is 1.59. The molecule has 0 unspecified atom stereocenters. The van der Waals surface area contributed by atoms with E-state index in [1.807, 2.05) is 24.3 Å². The minimum atomic E-state index is -0.301. The molecule has 0 saturated carbocycles. The lowest BCUT2D eigenvalue weighted by molar-refractivity contribution is -0.118. The fourth-order valence-corrected chi connectivity index (χ4v) is 4.10. The highest BCUT2D eigenvalue weighted by molar-refractivity contribution is 8.00. The Morgan fingerprint density at radius 3 is 2.63 bits per heavy atom. The average molecular weight is 422 g/mol. The molecule has 1 aromatic heterocycles. The maximum atomic E-state index is 12.0. The molecular weight excluding hydrogens is 406 g/mol. The number of hydrogen-bond acceptors (Lipinski definition) is 7. The van der Waals surface area contributed by atoms with Gasteiger partial charge in [-0.2, -0.15) is 0 Å². The maximum Gasteiger partial charge on any atom is 0.264 e. The second-order valence-electron chi connectivity index (χ2n) is 5.27. The number of carbonyl (C=O) groups excluding carboxylic acids is 1. The number of benzene rings is 2. The molecule has 1 N–H and O–H groups in total. The summed E-state index contributed by atoms with van der Waals surface area (Å²) in [6.45, 7) is -0.117. The first-order valence-electron chi connectivity index (χ1n) is 7.90. The number of amides is 1. The van der Waals surface area contributed by atoms with E-state index in [0.29, 0.717) is 16.6 Å². The van der Waals surface area contributed by atoms with Gasteiger partial charge >= 0.3 is 0 Å². The van der Waals surface area contributed by atoms with Gasteiger partial charge < -0.3 is 9.47 Å². The summed E-state index contributed by atoms with van der Waals surface area (Å²) in [5.74, 6) is 1.69. The van der Waals surface area contributed by atoms with E-state index in [0.717, 1.165) is 20.7 Å². The quantitative estimate of drug-likeness (QED) is 0.426. The Morgan fingerprint density at radius 1 is 1.15 bits per heavy atom. The van der Waals surface area contributed by atoms with Gasteiger partial charge in [-0.25, -0.2) is 0 Å². The summed E-state index contributed by atoms with van der Waals surface area (Å²) < 4.78 is 11.3. The van der Waals surface area contributed by atoms with E-state index in [-0.39, 0.29) is 12.5 Å². The van der Waals surface area contributed by atoms with Crippen LogP contribution in [0.2, 0.25) is 5.02 Å². The second kappa shape index (κ2) is 9.59. The Kier molecular flexibility index (Phi) is 6.92. The fraction of sp³-hybridized carbons (Fsp3) is 0.167. The van der Waals surface area contributed by atoms with Crippen LogP contribution in [0.15, 0.2) is 52.9 Å². The van der Waals surface area contributed by atoms with Crippen LogP contribution in [0.25, 0.3) is 0 Å². The monoisotopic (exact) mass is 421 g/mol. The lowest BCUT2D eigenvalue weighted by atomic mass is 10.2. The third-order valence-electron chi connectivity index (χ3n) is 3.39. The highest BCUT2D eigenvalue weighted by atomic mass is 35.5. The molecule has 0 bridgehead atoms. The molecule has 0 aliphatic carbocycles.